The number of hydrogen-bond donors (Lipinski definition) is 0. The fourth-order valence-electron chi connectivity index (χ4n) is 1.73. The van der Waals surface area contributed by atoms with Crippen molar-refractivity contribution in [3.63, 3.8) is 0 Å². The van der Waals surface area contributed by atoms with Crippen LogP contribution in [-0.2, 0) is 11.8 Å². The number of benzene rings is 1. The molecule has 1 atom stereocenters. The predicted molar refractivity (Wildman–Crippen MR) is 63.9 cm³/mol. The van der Waals surface area contributed by atoms with Gasteiger partial charge >= 0.3 is 0 Å². The van der Waals surface area contributed by atoms with E-state index in [1.54, 1.807) is 0 Å². The van der Waals surface area contributed by atoms with E-state index in [0.29, 0.717) is 0 Å². The van der Waals surface area contributed by atoms with Crippen LogP contribution >= 0.6 is 6.04 Å². The molecule has 0 radical (unpaired) electrons. The summed E-state index contributed by atoms with van der Waals surface area (Å²) in [6, 6.07) is 9.38. The molecule has 0 N–H and O–H groups in total. The lowest BCUT2D eigenvalue weighted by Crippen LogP contribution is -2.05. The second kappa shape index (κ2) is 3.40. The fraction of sp³-hybridized carbons (Fsp3) is 0.273. The smallest absolute Gasteiger partial charge is 0.00143 e. The van der Waals surface area contributed by atoms with Crippen molar-refractivity contribution in [1.82, 2.24) is 0 Å². The van der Waals surface area contributed by atoms with Crippen LogP contribution in [0.15, 0.2) is 42.0 Å². The molecule has 68 valence electrons. The molecule has 1 aromatic carbocycles. The minimum absolute atomic E-state index is 1.12. The first kappa shape index (κ1) is 9.18. The molecule has 0 aromatic heterocycles. The first-order valence-electron chi connectivity index (χ1n) is 4.50. The van der Waals surface area contributed by atoms with E-state index in [1.807, 2.05) is 0 Å². The Bertz CT molecular complexity index is 378. The lowest BCUT2D eigenvalue weighted by molar-refractivity contribution is 1.42. The van der Waals surface area contributed by atoms with Gasteiger partial charge in [0.05, 0.1) is 0 Å². The van der Waals surface area contributed by atoms with E-state index in [0.717, 1.165) is 12.3 Å². The number of hydrogen-bond acceptors (Lipinski definition) is 1. The van der Waals surface area contributed by atoms with Gasteiger partial charge in [-0.15, -0.1) is 0 Å². The van der Waals surface area contributed by atoms with Gasteiger partial charge in [0.15, 0.2) is 0 Å². The molecule has 0 saturated heterocycles. The summed E-state index contributed by atoms with van der Waals surface area (Å²) in [5.74, 6) is 0. The molecule has 0 amide bonds. The summed E-state index contributed by atoms with van der Waals surface area (Å²) >= 11 is 5.77. The van der Waals surface area contributed by atoms with Gasteiger partial charge in [-0.2, -0.15) is 0 Å². The molecule has 2 heteroatoms. The molecule has 0 spiro atoms. The maximum atomic E-state index is 5.77. The van der Waals surface area contributed by atoms with Crippen molar-refractivity contribution in [1.29, 1.82) is 0 Å². The van der Waals surface area contributed by atoms with Gasteiger partial charge in [0, 0.05) is 6.16 Å². The Labute approximate surface area is 84.7 Å². The zero-order valence-corrected chi connectivity index (χ0v) is 9.44. The molecule has 1 unspecified atom stereocenters. The van der Waals surface area contributed by atoms with Crippen LogP contribution in [0.25, 0.3) is 0 Å². The molecule has 1 aromatic rings. The van der Waals surface area contributed by atoms with E-state index in [-0.39, 0.29) is 0 Å². The van der Waals surface area contributed by atoms with Crippen molar-refractivity contribution in [3.05, 3.63) is 42.0 Å². The van der Waals surface area contributed by atoms with Crippen molar-refractivity contribution in [2.75, 3.05) is 12.3 Å². The Kier molecular flexibility index (Phi) is 2.40. The average molecular weight is 208 g/mol. The van der Waals surface area contributed by atoms with Crippen molar-refractivity contribution in [2.45, 2.75) is 6.92 Å². The van der Waals surface area contributed by atoms with Gasteiger partial charge in [0.1, 0.15) is 0 Å². The van der Waals surface area contributed by atoms with Gasteiger partial charge in [-0.25, -0.2) is 0 Å². The van der Waals surface area contributed by atoms with Crippen LogP contribution in [-0.4, -0.2) is 12.3 Å². The molecule has 1 aliphatic rings. The summed E-state index contributed by atoms with van der Waals surface area (Å²) in [4.78, 5) is 0. The van der Waals surface area contributed by atoms with Crippen molar-refractivity contribution in [3.8, 4) is 0 Å². The average Bonchev–Trinajstić information content (AvgIpc) is 2.49. The Morgan fingerprint density at radius 2 is 1.92 bits per heavy atom. The zero-order chi connectivity index (χ0) is 9.31. The van der Waals surface area contributed by atoms with E-state index in [1.165, 1.54) is 10.9 Å². The third-order valence-corrected chi connectivity index (χ3v) is 6.95. The Morgan fingerprint density at radius 3 is 2.46 bits per heavy atom. The third kappa shape index (κ3) is 1.77. The molecule has 1 aliphatic heterocycles. The molecular weight excluding hydrogens is 195 g/mol. The Hall–Kier alpha value is -0.390. The van der Waals surface area contributed by atoms with Gasteiger partial charge in [-0.1, -0.05) is 53.8 Å². The van der Waals surface area contributed by atoms with Crippen LogP contribution < -0.4 is 5.30 Å². The molecule has 0 aliphatic carbocycles. The second-order valence-electron chi connectivity index (χ2n) is 3.62. The zero-order valence-electron chi connectivity index (χ0n) is 7.73. The Balaban J connectivity index is 2.34. The van der Waals surface area contributed by atoms with Crippen LogP contribution in [0, 0.1) is 0 Å². The van der Waals surface area contributed by atoms with Gasteiger partial charge in [0.2, 0.25) is 0 Å². The van der Waals surface area contributed by atoms with Crippen LogP contribution in [0.2, 0.25) is 0 Å². The molecule has 2 rings (SSSR count). The maximum Gasteiger partial charge on any atom is 0.00143 e. The maximum absolute atomic E-state index is 5.77. The lowest BCUT2D eigenvalue weighted by atomic mass is 10.3. The predicted octanol–water partition coefficient (Wildman–Crippen LogP) is 2.75. The monoisotopic (exact) mass is 208 g/mol. The summed E-state index contributed by atoms with van der Waals surface area (Å²) in [6.45, 7) is 2.19. The minimum Gasteiger partial charge on any atom is -0.0919 e. The first-order valence-corrected chi connectivity index (χ1v) is 7.67. The Morgan fingerprint density at radius 1 is 1.23 bits per heavy atom. The van der Waals surface area contributed by atoms with Crippen molar-refractivity contribution in [2.24, 2.45) is 0 Å². The summed E-state index contributed by atoms with van der Waals surface area (Å²) in [6.07, 6.45) is 4.58. The summed E-state index contributed by atoms with van der Waals surface area (Å²) in [7, 11) is 0. The van der Waals surface area contributed by atoms with Gasteiger partial charge in [-0.3, -0.25) is 0 Å². The summed E-state index contributed by atoms with van der Waals surface area (Å²) in [5, 5.41) is 1.40. The van der Waals surface area contributed by atoms with Gasteiger partial charge in [0.25, 0.3) is 0 Å². The SMILES string of the molecule is CC1=CCP(=S)(c2ccccc2)C1. The first-order chi connectivity index (χ1) is 6.21. The van der Waals surface area contributed by atoms with Crippen molar-refractivity contribution < 1.29 is 0 Å². The van der Waals surface area contributed by atoms with Crippen LogP contribution in [0.5, 0.6) is 0 Å². The number of allylic oxidation sites excluding steroid dienone is 2. The minimum atomic E-state index is -1.24. The van der Waals surface area contributed by atoms with Crippen molar-refractivity contribution >= 4 is 23.1 Å². The van der Waals surface area contributed by atoms with E-state index in [9.17, 15) is 0 Å². The highest BCUT2D eigenvalue weighted by molar-refractivity contribution is 8.18. The van der Waals surface area contributed by atoms with Crippen LogP contribution in [0.4, 0.5) is 0 Å². The van der Waals surface area contributed by atoms with Crippen LogP contribution in [0.3, 0.4) is 0 Å². The molecule has 1 heterocycles. The molecule has 0 bridgehead atoms. The fourth-order valence-corrected chi connectivity index (χ4v) is 5.71. The number of rotatable bonds is 1. The summed E-state index contributed by atoms with van der Waals surface area (Å²) in [5.41, 5.74) is 1.48. The quantitative estimate of drug-likeness (QED) is 0.505. The highest BCUT2D eigenvalue weighted by Crippen LogP contribution is 2.50. The largest absolute Gasteiger partial charge is 0.0919 e. The highest BCUT2D eigenvalue weighted by atomic mass is 32.4. The van der Waals surface area contributed by atoms with E-state index >= 15 is 0 Å². The lowest BCUT2D eigenvalue weighted by Gasteiger charge is -2.15. The van der Waals surface area contributed by atoms with E-state index in [2.05, 4.69) is 43.3 Å². The molecular formula is C11H13PS. The highest BCUT2D eigenvalue weighted by Gasteiger charge is 2.23. The summed E-state index contributed by atoms with van der Waals surface area (Å²) < 4.78 is 0. The van der Waals surface area contributed by atoms with Gasteiger partial charge in [-0.05, 0) is 24.4 Å². The molecule has 0 fully saturated rings. The molecule has 13 heavy (non-hydrogen) atoms. The third-order valence-electron chi connectivity index (χ3n) is 2.47. The van der Waals surface area contributed by atoms with Crippen LogP contribution in [0.1, 0.15) is 6.92 Å². The molecule has 0 saturated carbocycles. The van der Waals surface area contributed by atoms with E-state index in [4.69, 9.17) is 11.8 Å². The standard InChI is InChI=1S/C11H13PS/c1-10-7-8-12(13,9-10)11-5-3-2-4-6-11/h2-7H,8-9H2,1H3. The normalized spacial score (nSPS) is 27.3. The molecule has 0 nitrogen and oxygen atoms in total. The second-order valence-corrected chi connectivity index (χ2v) is 8.69. The van der Waals surface area contributed by atoms with Gasteiger partial charge < -0.3 is 0 Å². The van der Waals surface area contributed by atoms with E-state index < -0.39 is 6.04 Å². The topological polar surface area (TPSA) is 0 Å².